The monoisotopic (exact) mass is 243 g/mol. The highest BCUT2D eigenvalue weighted by atomic mass is 35.5. The Morgan fingerprint density at radius 3 is 2.88 bits per heavy atom. The largest absolute Gasteiger partial charge is 0.396 e. The first-order valence-electron chi connectivity index (χ1n) is 5.37. The summed E-state index contributed by atoms with van der Waals surface area (Å²) in [4.78, 5) is 7.87. The van der Waals surface area contributed by atoms with Crippen molar-refractivity contribution in [1.82, 2.24) is 9.97 Å². The zero-order chi connectivity index (χ0) is 12.0. The quantitative estimate of drug-likeness (QED) is 0.753. The van der Waals surface area contributed by atoms with Gasteiger partial charge in [0, 0.05) is 19.3 Å². The Morgan fingerprint density at radius 2 is 2.25 bits per heavy atom. The Labute approximate surface area is 101 Å². The average molecular weight is 244 g/mol. The van der Waals surface area contributed by atoms with Gasteiger partial charge >= 0.3 is 0 Å². The van der Waals surface area contributed by atoms with Crippen LogP contribution >= 0.6 is 11.6 Å². The maximum atomic E-state index is 8.79. The minimum Gasteiger partial charge on any atom is -0.396 e. The normalized spacial score (nSPS) is 11.5. The Balaban J connectivity index is 2.44. The fourth-order valence-corrected chi connectivity index (χ4v) is 1.56. The second-order valence-corrected chi connectivity index (χ2v) is 4.89. The second kappa shape index (κ2) is 6.01. The van der Waals surface area contributed by atoms with Gasteiger partial charge in [0.25, 0.3) is 0 Å². The number of aromatic nitrogens is 2. The maximum Gasteiger partial charge on any atom is 0.224 e. The summed E-state index contributed by atoms with van der Waals surface area (Å²) in [5, 5.41) is 12.3. The summed E-state index contributed by atoms with van der Waals surface area (Å²) in [6, 6.07) is 1.79. The summed E-state index contributed by atoms with van der Waals surface area (Å²) in [5.74, 6) is 0.733. The third-order valence-electron chi connectivity index (χ3n) is 2.39. The molecule has 4 nitrogen and oxygen atoms in total. The molecule has 1 aromatic heterocycles. The molecule has 0 aromatic carbocycles. The zero-order valence-corrected chi connectivity index (χ0v) is 10.5. The first-order chi connectivity index (χ1) is 7.53. The summed E-state index contributed by atoms with van der Waals surface area (Å²) in [6.45, 7) is 5.33. The highest BCUT2D eigenvalue weighted by molar-refractivity contribution is 6.28. The van der Waals surface area contributed by atoms with Gasteiger partial charge in [-0.15, -0.1) is 0 Å². The molecule has 0 saturated heterocycles. The molecule has 5 heteroatoms. The van der Waals surface area contributed by atoms with E-state index in [0.29, 0.717) is 0 Å². The lowest BCUT2D eigenvalue weighted by molar-refractivity contribution is 0.248. The first kappa shape index (κ1) is 13.2. The molecule has 1 heterocycles. The van der Waals surface area contributed by atoms with E-state index >= 15 is 0 Å². The van der Waals surface area contributed by atoms with Crippen molar-refractivity contribution in [2.24, 2.45) is 5.41 Å². The Hall–Kier alpha value is -0.870. The third-order valence-corrected chi connectivity index (χ3v) is 2.57. The molecule has 1 rings (SSSR count). The summed E-state index contributed by atoms with van der Waals surface area (Å²) in [7, 11) is 0. The van der Waals surface area contributed by atoms with E-state index < -0.39 is 0 Å². The van der Waals surface area contributed by atoms with Gasteiger partial charge in [0.15, 0.2) is 0 Å². The highest BCUT2D eigenvalue weighted by Crippen LogP contribution is 2.22. The molecular formula is C11H18ClN3O. The van der Waals surface area contributed by atoms with Crippen molar-refractivity contribution in [1.29, 1.82) is 0 Å². The van der Waals surface area contributed by atoms with E-state index in [1.807, 2.05) is 0 Å². The van der Waals surface area contributed by atoms with E-state index in [9.17, 15) is 0 Å². The van der Waals surface area contributed by atoms with E-state index in [1.165, 1.54) is 0 Å². The molecule has 0 aliphatic rings. The van der Waals surface area contributed by atoms with Crippen LogP contribution in [0, 0.1) is 5.41 Å². The molecule has 0 amide bonds. The van der Waals surface area contributed by atoms with Crippen LogP contribution in [0.1, 0.15) is 26.7 Å². The van der Waals surface area contributed by atoms with Crippen LogP contribution in [0.2, 0.25) is 5.28 Å². The van der Waals surface area contributed by atoms with Crippen LogP contribution in [-0.2, 0) is 0 Å². The molecule has 0 spiro atoms. The number of halogens is 1. The lowest BCUT2D eigenvalue weighted by Gasteiger charge is -2.24. The van der Waals surface area contributed by atoms with Crippen molar-refractivity contribution in [2.75, 3.05) is 18.5 Å². The Bertz CT molecular complexity index is 331. The molecule has 0 aliphatic carbocycles. The number of anilines is 1. The van der Waals surface area contributed by atoms with Crippen LogP contribution in [0.4, 0.5) is 5.82 Å². The highest BCUT2D eigenvalue weighted by Gasteiger charge is 2.17. The third kappa shape index (κ3) is 4.77. The minimum absolute atomic E-state index is 0.125. The zero-order valence-electron chi connectivity index (χ0n) is 9.70. The molecule has 16 heavy (non-hydrogen) atoms. The van der Waals surface area contributed by atoms with Gasteiger partial charge in [-0.25, -0.2) is 9.97 Å². The van der Waals surface area contributed by atoms with Crippen LogP contribution in [0.5, 0.6) is 0 Å². The van der Waals surface area contributed by atoms with E-state index in [-0.39, 0.29) is 17.3 Å². The Kier molecular flexibility index (Phi) is 4.96. The average Bonchev–Trinajstić information content (AvgIpc) is 2.24. The van der Waals surface area contributed by atoms with Gasteiger partial charge in [0.2, 0.25) is 5.28 Å². The molecule has 0 radical (unpaired) electrons. The summed E-state index contributed by atoms with van der Waals surface area (Å²) in [6.07, 6.45) is 3.41. The number of hydrogen-bond acceptors (Lipinski definition) is 4. The number of nitrogens with one attached hydrogen (secondary N) is 1. The molecule has 0 fully saturated rings. The van der Waals surface area contributed by atoms with Crippen molar-refractivity contribution >= 4 is 17.4 Å². The molecule has 90 valence electrons. The van der Waals surface area contributed by atoms with Crippen molar-refractivity contribution in [3.63, 3.8) is 0 Å². The van der Waals surface area contributed by atoms with Gasteiger partial charge < -0.3 is 10.4 Å². The molecule has 0 saturated carbocycles. The number of rotatable bonds is 6. The molecule has 1 aromatic rings. The van der Waals surface area contributed by atoms with Crippen molar-refractivity contribution in [2.45, 2.75) is 26.7 Å². The van der Waals surface area contributed by atoms with E-state index in [0.717, 1.165) is 25.2 Å². The van der Waals surface area contributed by atoms with Gasteiger partial charge in [-0.05, 0) is 35.9 Å². The van der Waals surface area contributed by atoms with Crippen molar-refractivity contribution in [3.8, 4) is 0 Å². The first-order valence-corrected chi connectivity index (χ1v) is 5.74. The second-order valence-electron chi connectivity index (χ2n) is 4.56. The van der Waals surface area contributed by atoms with Gasteiger partial charge in [-0.3, -0.25) is 0 Å². The number of hydrogen-bond donors (Lipinski definition) is 2. The standard InChI is InChI=1S/C11H18ClN3O/c1-11(2,5-3-7-16)8-14-9-4-6-13-10(12)15-9/h4,6,16H,3,5,7-8H2,1-2H3,(H,13,14,15). The smallest absolute Gasteiger partial charge is 0.224 e. The number of aliphatic hydroxyl groups excluding tert-OH is 1. The molecule has 0 atom stereocenters. The van der Waals surface area contributed by atoms with Gasteiger partial charge in [0.1, 0.15) is 5.82 Å². The molecule has 0 bridgehead atoms. The maximum absolute atomic E-state index is 8.79. The lowest BCUT2D eigenvalue weighted by atomic mass is 9.88. The van der Waals surface area contributed by atoms with E-state index in [4.69, 9.17) is 16.7 Å². The predicted octanol–water partition coefficient (Wildman–Crippen LogP) is 2.34. The van der Waals surface area contributed by atoms with E-state index in [1.54, 1.807) is 12.3 Å². The number of aliphatic hydroxyl groups is 1. The summed E-state index contributed by atoms with van der Waals surface area (Å²) in [5.41, 5.74) is 0.125. The van der Waals surface area contributed by atoms with Crippen molar-refractivity contribution < 1.29 is 5.11 Å². The fraction of sp³-hybridized carbons (Fsp3) is 0.636. The SMILES string of the molecule is CC(C)(CCCO)CNc1ccnc(Cl)n1. The lowest BCUT2D eigenvalue weighted by Crippen LogP contribution is -2.23. The van der Waals surface area contributed by atoms with Gasteiger partial charge in [-0.2, -0.15) is 0 Å². The van der Waals surface area contributed by atoms with Crippen LogP contribution in [0.15, 0.2) is 12.3 Å². The van der Waals surface area contributed by atoms with Gasteiger partial charge in [0.05, 0.1) is 0 Å². The van der Waals surface area contributed by atoms with Crippen LogP contribution in [0.25, 0.3) is 0 Å². The number of nitrogens with zero attached hydrogens (tertiary/aromatic N) is 2. The topological polar surface area (TPSA) is 58.0 Å². The molecule has 0 aliphatic heterocycles. The predicted molar refractivity (Wildman–Crippen MR) is 65.6 cm³/mol. The molecule has 2 N–H and O–H groups in total. The molecule has 0 unspecified atom stereocenters. The van der Waals surface area contributed by atoms with Gasteiger partial charge in [-0.1, -0.05) is 13.8 Å². The summed E-state index contributed by atoms with van der Waals surface area (Å²) >= 11 is 5.68. The van der Waals surface area contributed by atoms with Crippen LogP contribution in [0.3, 0.4) is 0 Å². The van der Waals surface area contributed by atoms with Crippen LogP contribution < -0.4 is 5.32 Å². The minimum atomic E-state index is 0.125. The molecular weight excluding hydrogens is 226 g/mol. The fourth-order valence-electron chi connectivity index (χ4n) is 1.41. The Morgan fingerprint density at radius 1 is 1.50 bits per heavy atom. The van der Waals surface area contributed by atoms with E-state index in [2.05, 4.69) is 29.1 Å². The summed E-state index contributed by atoms with van der Waals surface area (Å²) < 4.78 is 0. The van der Waals surface area contributed by atoms with Crippen LogP contribution in [-0.4, -0.2) is 28.2 Å². The van der Waals surface area contributed by atoms with Crippen molar-refractivity contribution in [3.05, 3.63) is 17.5 Å².